The summed E-state index contributed by atoms with van der Waals surface area (Å²) in [5.41, 5.74) is 0.150. The van der Waals surface area contributed by atoms with Crippen LogP contribution in [0.25, 0.3) is 0 Å². The number of carbonyl (C=O) groups is 3. The highest BCUT2D eigenvalue weighted by atomic mass is 19.1. The van der Waals surface area contributed by atoms with Gasteiger partial charge in [0.2, 0.25) is 11.8 Å². The molecule has 1 unspecified atom stereocenters. The number of benzene rings is 1. The predicted molar refractivity (Wildman–Crippen MR) is 137 cm³/mol. The van der Waals surface area contributed by atoms with Crippen LogP contribution in [-0.2, 0) is 19.1 Å². The highest BCUT2D eigenvalue weighted by molar-refractivity contribution is 5.97. The average Bonchev–Trinajstić information content (AvgIpc) is 3.56. The van der Waals surface area contributed by atoms with Crippen molar-refractivity contribution in [2.24, 2.45) is 5.92 Å². The number of hydrogen-bond donors (Lipinski definition) is 1. The molecule has 1 aromatic carbocycles. The Bertz CT molecular complexity index is 1010. The van der Waals surface area contributed by atoms with Gasteiger partial charge in [-0.15, -0.1) is 0 Å². The molecular weight excluding hydrogens is 477 g/mol. The van der Waals surface area contributed by atoms with Crippen molar-refractivity contribution in [3.8, 4) is 0 Å². The molecule has 2 saturated heterocycles. The minimum Gasteiger partial charge on any atom is -0.444 e. The van der Waals surface area contributed by atoms with E-state index >= 15 is 0 Å². The maximum absolute atomic E-state index is 14.9. The van der Waals surface area contributed by atoms with E-state index in [-0.39, 0.29) is 36.7 Å². The quantitative estimate of drug-likeness (QED) is 0.522. The van der Waals surface area contributed by atoms with Crippen molar-refractivity contribution in [2.45, 2.75) is 95.9 Å². The zero-order chi connectivity index (χ0) is 26.7. The van der Waals surface area contributed by atoms with E-state index in [4.69, 9.17) is 9.47 Å². The van der Waals surface area contributed by atoms with E-state index in [1.807, 2.05) is 4.90 Å². The van der Waals surface area contributed by atoms with Gasteiger partial charge in [0.05, 0.1) is 24.4 Å². The van der Waals surface area contributed by atoms with Gasteiger partial charge in [-0.05, 0) is 70.1 Å². The molecule has 1 N–H and O–H groups in total. The molecule has 37 heavy (non-hydrogen) atoms. The molecule has 2 aliphatic heterocycles. The second kappa shape index (κ2) is 11.4. The van der Waals surface area contributed by atoms with Gasteiger partial charge in [0.25, 0.3) is 0 Å². The lowest BCUT2D eigenvalue weighted by Gasteiger charge is -2.35. The summed E-state index contributed by atoms with van der Waals surface area (Å²) in [6.07, 6.45) is 6.04. The van der Waals surface area contributed by atoms with Gasteiger partial charge in [0.15, 0.2) is 0 Å². The lowest BCUT2D eigenvalue weighted by molar-refractivity contribution is -0.136. The van der Waals surface area contributed by atoms with Crippen molar-refractivity contribution in [1.29, 1.82) is 0 Å². The molecule has 204 valence electrons. The van der Waals surface area contributed by atoms with Gasteiger partial charge in [-0.25, -0.2) is 9.18 Å². The number of rotatable bonds is 8. The molecule has 1 aliphatic carbocycles. The summed E-state index contributed by atoms with van der Waals surface area (Å²) < 4.78 is 25.8. The smallest absolute Gasteiger partial charge is 0.411 e. The molecule has 0 bridgehead atoms. The van der Waals surface area contributed by atoms with Crippen molar-refractivity contribution in [3.05, 3.63) is 29.6 Å². The van der Waals surface area contributed by atoms with Crippen LogP contribution in [0, 0.1) is 11.7 Å². The summed E-state index contributed by atoms with van der Waals surface area (Å²) in [6, 6.07) is 3.72. The lowest BCUT2D eigenvalue weighted by Crippen LogP contribution is -2.45. The van der Waals surface area contributed by atoms with E-state index < -0.39 is 29.5 Å². The largest absolute Gasteiger partial charge is 0.444 e. The Balaban J connectivity index is 1.53. The molecule has 3 atom stereocenters. The summed E-state index contributed by atoms with van der Waals surface area (Å²) in [4.78, 5) is 42.1. The van der Waals surface area contributed by atoms with Crippen molar-refractivity contribution in [1.82, 2.24) is 9.80 Å². The lowest BCUT2D eigenvalue weighted by atomic mass is 9.95. The van der Waals surface area contributed by atoms with Crippen LogP contribution in [0.2, 0.25) is 0 Å². The van der Waals surface area contributed by atoms with Gasteiger partial charge in [0, 0.05) is 26.5 Å². The van der Waals surface area contributed by atoms with Crippen LogP contribution in [0.15, 0.2) is 18.2 Å². The van der Waals surface area contributed by atoms with Crippen LogP contribution in [0.5, 0.6) is 0 Å². The standard InChI is InChI=1S/C28H40FN3O5/c1-28(2,3)37-27(35)32-17-20(36-4)16-24(32)26(34)30-22-15-19(11-12-21(22)29)23(13-10-18-8-9-18)31-14-6-5-7-25(31)33/h11-12,15,18,20,23-24H,5-10,13-14,16-17H2,1-4H3,(H,30,34)/t20-,23?,24-/m1/s1. The van der Waals surface area contributed by atoms with Crippen molar-refractivity contribution in [3.63, 3.8) is 0 Å². The first-order valence-corrected chi connectivity index (χ1v) is 13.5. The number of hydrogen-bond acceptors (Lipinski definition) is 5. The summed E-state index contributed by atoms with van der Waals surface area (Å²) >= 11 is 0. The maximum Gasteiger partial charge on any atom is 0.411 e. The molecule has 8 nitrogen and oxygen atoms in total. The number of nitrogens with zero attached hydrogens (tertiary/aromatic N) is 2. The fraction of sp³-hybridized carbons (Fsp3) is 0.679. The van der Waals surface area contributed by atoms with E-state index in [9.17, 15) is 18.8 Å². The first-order chi connectivity index (χ1) is 17.6. The Morgan fingerprint density at radius 1 is 1.22 bits per heavy atom. The molecule has 0 aromatic heterocycles. The second-order valence-electron chi connectivity index (χ2n) is 11.6. The fourth-order valence-electron chi connectivity index (χ4n) is 5.26. The molecule has 3 fully saturated rings. The molecule has 3 aliphatic rings. The number of likely N-dealkylation sites (tertiary alicyclic amines) is 2. The van der Waals surface area contributed by atoms with E-state index in [0.29, 0.717) is 18.9 Å². The Morgan fingerprint density at radius 2 is 1.97 bits per heavy atom. The molecule has 3 amide bonds. The third-order valence-electron chi connectivity index (χ3n) is 7.44. The summed E-state index contributed by atoms with van der Waals surface area (Å²) in [6.45, 7) is 6.19. The monoisotopic (exact) mass is 517 g/mol. The number of halogens is 1. The molecule has 0 spiro atoms. The zero-order valence-electron chi connectivity index (χ0n) is 22.4. The Morgan fingerprint density at radius 3 is 2.62 bits per heavy atom. The first kappa shape index (κ1) is 27.4. The highest BCUT2D eigenvalue weighted by Crippen LogP contribution is 2.39. The minimum absolute atomic E-state index is 0.0494. The van der Waals surface area contributed by atoms with Crippen LogP contribution >= 0.6 is 0 Å². The molecule has 1 aromatic rings. The van der Waals surface area contributed by atoms with E-state index in [1.54, 1.807) is 32.9 Å². The number of carbonyl (C=O) groups excluding carboxylic acids is 3. The third-order valence-corrected chi connectivity index (χ3v) is 7.44. The third kappa shape index (κ3) is 7.00. The van der Waals surface area contributed by atoms with Gasteiger partial charge in [-0.1, -0.05) is 18.9 Å². The van der Waals surface area contributed by atoms with Gasteiger partial charge in [-0.2, -0.15) is 0 Å². The van der Waals surface area contributed by atoms with Gasteiger partial charge < -0.3 is 19.7 Å². The number of ether oxygens (including phenoxy) is 2. The molecule has 0 radical (unpaired) electrons. The summed E-state index contributed by atoms with van der Waals surface area (Å²) in [5, 5.41) is 2.71. The van der Waals surface area contributed by atoms with Crippen LogP contribution in [0.3, 0.4) is 0 Å². The zero-order valence-corrected chi connectivity index (χ0v) is 22.4. The Labute approximate surface area is 218 Å². The number of anilines is 1. The normalized spacial score (nSPS) is 23.2. The summed E-state index contributed by atoms with van der Waals surface area (Å²) in [7, 11) is 1.53. The number of piperidine rings is 1. The number of nitrogens with one attached hydrogen (secondary N) is 1. The SMILES string of the molecule is CO[C@@H]1C[C@H](C(=O)Nc2cc(C(CCC3CC3)N3CCCCC3=O)ccc2F)N(C(=O)OC(C)(C)C)C1. The Hall–Kier alpha value is -2.68. The number of methoxy groups -OCH3 is 1. The Kier molecular flexibility index (Phi) is 8.41. The van der Waals surface area contributed by atoms with E-state index in [2.05, 4.69) is 5.32 Å². The van der Waals surface area contributed by atoms with Gasteiger partial charge in [0.1, 0.15) is 17.5 Å². The van der Waals surface area contributed by atoms with Crippen molar-refractivity contribution >= 4 is 23.6 Å². The molecule has 1 saturated carbocycles. The van der Waals surface area contributed by atoms with Crippen molar-refractivity contribution in [2.75, 3.05) is 25.5 Å². The van der Waals surface area contributed by atoms with E-state index in [1.165, 1.54) is 30.9 Å². The van der Waals surface area contributed by atoms with Crippen molar-refractivity contribution < 1.29 is 28.2 Å². The highest BCUT2D eigenvalue weighted by Gasteiger charge is 2.42. The predicted octanol–water partition coefficient (Wildman–Crippen LogP) is 5.03. The molecule has 9 heteroatoms. The van der Waals surface area contributed by atoms with Crippen LogP contribution in [0.4, 0.5) is 14.9 Å². The van der Waals surface area contributed by atoms with Crippen LogP contribution < -0.4 is 5.32 Å². The number of amides is 3. The van der Waals surface area contributed by atoms with Gasteiger partial charge >= 0.3 is 6.09 Å². The summed E-state index contributed by atoms with van der Waals surface area (Å²) in [5.74, 6) is -0.221. The van der Waals surface area contributed by atoms with Gasteiger partial charge in [-0.3, -0.25) is 14.5 Å². The van der Waals surface area contributed by atoms with Crippen LogP contribution in [-0.4, -0.2) is 65.7 Å². The maximum atomic E-state index is 14.9. The minimum atomic E-state index is -0.850. The fourth-order valence-corrected chi connectivity index (χ4v) is 5.26. The van der Waals surface area contributed by atoms with Crippen LogP contribution in [0.1, 0.15) is 83.7 Å². The van der Waals surface area contributed by atoms with E-state index in [0.717, 1.165) is 31.2 Å². The first-order valence-electron chi connectivity index (χ1n) is 13.5. The average molecular weight is 518 g/mol. The topological polar surface area (TPSA) is 88.2 Å². The molecular formula is C28H40FN3O5. The molecule has 4 rings (SSSR count). The second-order valence-corrected chi connectivity index (χ2v) is 11.6. The molecule has 2 heterocycles.